The van der Waals surface area contributed by atoms with E-state index in [4.69, 9.17) is 4.42 Å². The van der Waals surface area contributed by atoms with Crippen molar-refractivity contribution in [3.8, 4) is 11.3 Å². The highest BCUT2D eigenvalue weighted by Gasteiger charge is 2.16. The van der Waals surface area contributed by atoms with Crippen molar-refractivity contribution in [3.63, 3.8) is 0 Å². The standard InChI is InChI=1S/C26H29N3O3S/c1-18-27-16-23(32-18)20-11-13-21(14-12-20)29-26(31)22-9-5-6-10-24(22)33-17-25(30)28-15-19-7-3-2-4-8-19/h5-6,9-14,16,19H,2-4,7-8,15,17H2,1H3,(H,28,30)(H,29,31). The minimum Gasteiger partial charge on any atom is -0.441 e. The quantitative estimate of drug-likeness (QED) is 0.419. The summed E-state index contributed by atoms with van der Waals surface area (Å²) in [6.07, 6.45) is 7.93. The van der Waals surface area contributed by atoms with Crippen LogP contribution in [-0.4, -0.2) is 29.1 Å². The molecule has 7 heteroatoms. The van der Waals surface area contributed by atoms with Crippen LogP contribution in [0.3, 0.4) is 0 Å². The van der Waals surface area contributed by atoms with E-state index in [2.05, 4.69) is 15.6 Å². The molecular formula is C26H29N3O3S. The SMILES string of the molecule is Cc1ncc(-c2ccc(NC(=O)c3ccccc3SCC(=O)NCC3CCCCC3)cc2)o1. The lowest BCUT2D eigenvalue weighted by Crippen LogP contribution is -2.31. The average Bonchev–Trinajstić information content (AvgIpc) is 3.29. The lowest BCUT2D eigenvalue weighted by molar-refractivity contribution is -0.118. The van der Waals surface area contributed by atoms with Gasteiger partial charge in [-0.2, -0.15) is 0 Å². The minimum absolute atomic E-state index is 0.0130. The molecule has 1 saturated carbocycles. The number of hydrogen-bond acceptors (Lipinski definition) is 5. The lowest BCUT2D eigenvalue weighted by Gasteiger charge is -2.21. The van der Waals surface area contributed by atoms with Crippen LogP contribution in [0.25, 0.3) is 11.3 Å². The van der Waals surface area contributed by atoms with Crippen LogP contribution in [0.5, 0.6) is 0 Å². The monoisotopic (exact) mass is 463 g/mol. The van der Waals surface area contributed by atoms with Gasteiger partial charge in [0.15, 0.2) is 11.7 Å². The van der Waals surface area contributed by atoms with Gasteiger partial charge < -0.3 is 15.1 Å². The molecule has 2 aromatic carbocycles. The largest absolute Gasteiger partial charge is 0.441 e. The highest BCUT2D eigenvalue weighted by molar-refractivity contribution is 8.00. The summed E-state index contributed by atoms with van der Waals surface area (Å²) >= 11 is 1.39. The number of aryl methyl sites for hydroxylation is 1. The zero-order valence-corrected chi connectivity index (χ0v) is 19.6. The van der Waals surface area contributed by atoms with Crippen LogP contribution in [-0.2, 0) is 4.79 Å². The van der Waals surface area contributed by atoms with Crippen LogP contribution in [0.1, 0.15) is 48.4 Å². The molecule has 1 aliphatic carbocycles. The zero-order chi connectivity index (χ0) is 23.0. The number of nitrogens with zero attached hydrogens (tertiary/aromatic N) is 1. The molecule has 0 saturated heterocycles. The van der Waals surface area contributed by atoms with Gasteiger partial charge in [-0.15, -0.1) is 11.8 Å². The first-order chi connectivity index (χ1) is 16.1. The van der Waals surface area contributed by atoms with E-state index < -0.39 is 0 Å². The topological polar surface area (TPSA) is 84.2 Å². The van der Waals surface area contributed by atoms with Gasteiger partial charge in [-0.05, 0) is 55.2 Å². The molecule has 0 atom stereocenters. The molecule has 0 bridgehead atoms. The predicted molar refractivity (Wildman–Crippen MR) is 131 cm³/mol. The Kier molecular flexibility index (Phi) is 7.83. The number of anilines is 1. The predicted octanol–water partition coefficient (Wildman–Crippen LogP) is 5.69. The van der Waals surface area contributed by atoms with Crippen molar-refractivity contribution in [3.05, 3.63) is 66.2 Å². The van der Waals surface area contributed by atoms with Gasteiger partial charge in [0.05, 0.1) is 17.5 Å². The minimum atomic E-state index is -0.205. The van der Waals surface area contributed by atoms with Gasteiger partial charge in [-0.1, -0.05) is 31.4 Å². The summed E-state index contributed by atoms with van der Waals surface area (Å²) in [5, 5.41) is 6.00. The molecule has 1 fully saturated rings. The maximum atomic E-state index is 12.9. The van der Waals surface area contributed by atoms with Crippen molar-refractivity contribution in [1.29, 1.82) is 0 Å². The Labute approximate surface area is 198 Å². The fraction of sp³-hybridized carbons (Fsp3) is 0.346. The molecule has 1 aromatic heterocycles. The van der Waals surface area contributed by atoms with Crippen LogP contribution < -0.4 is 10.6 Å². The fourth-order valence-corrected chi connectivity index (χ4v) is 4.91. The Balaban J connectivity index is 1.32. The third-order valence-electron chi connectivity index (χ3n) is 5.85. The Bertz CT molecular complexity index is 1090. The first-order valence-corrected chi connectivity index (χ1v) is 12.4. The molecule has 0 unspecified atom stereocenters. The van der Waals surface area contributed by atoms with E-state index in [9.17, 15) is 9.59 Å². The Morgan fingerprint density at radius 2 is 1.82 bits per heavy atom. The number of nitrogens with one attached hydrogen (secondary N) is 2. The fourth-order valence-electron chi connectivity index (χ4n) is 4.03. The molecule has 33 heavy (non-hydrogen) atoms. The number of hydrogen-bond donors (Lipinski definition) is 2. The number of benzene rings is 2. The van der Waals surface area contributed by atoms with Crippen molar-refractivity contribution >= 4 is 29.3 Å². The Hall–Kier alpha value is -3.06. The number of thioether (sulfide) groups is 1. The molecule has 6 nitrogen and oxygen atoms in total. The van der Waals surface area contributed by atoms with E-state index in [1.807, 2.05) is 42.5 Å². The number of amides is 2. The summed E-state index contributed by atoms with van der Waals surface area (Å²) in [5.41, 5.74) is 2.13. The van der Waals surface area contributed by atoms with Gasteiger partial charge in [-0.25, -0.2) is 4.98 Å². The maximum absolute atomic E-state index is 12.9. The lowest BCUT2D eigenvalue weighted by atomic mass is 9.89. The highest BCUT2D eigenvalue weighted by Crippen LogP contribution is 2.26. The molecular weight excluding hydrogens is 434 g/mol. The van der Waals surface area contributed by atoms with Gasteiger partial charge in [0.25, 0.3) is 5.91 Å². The maximum Gasteiger partial charge on any atom is 0.256 e. The van der Waals surface area contributed by atoms with Crippen LogP contribution >= 0.6 is 11.8 Å². The number of oxazole rings is 1. The first-order valence-electron chi connectivity index (χ1n) is 11.4. The summed E-state index contributed by atoms with van der Waals surface area (Å²) in [6.45, 7) is 2.55. The van der Waals surface area contributed by atoms with E-state index in [0.717, 1.165) is 17.0 Å². The highest BCUT2D eigenvalue weighted by atomic mass is 32.2. The molecule has 1 heterocycles. The molecule has 2 N–H and O–H groups in total. The third-order valence-corrected chi connectivity index (χ3v) is 6.93. The van der Waals surface area contributed by atoms with Gasteiger partial charge >= 0.3 is 0 Å². The molecule has 3 aromatic rings. The third kappa shape index (κ3) is 6.48. The first kappa shape index (κ1) is 23.1. The Morgan fingerprint density at radius 1 is 1.06 bits per heavy atom. The van der Waals surface area contributed by atoms with E-state index in [1.54, 1.807) is 19.2 Å². The summed E-state index contributed by atoms with van der Waals surface area (Å²) in [6, 6.07) is 14.8. The molecule has 2 amide bonds. The molecule has 1 aliphatic rings. The second-order valence-corrected chi connectivity index (χ2v) is 9.39. The van der Waals surface area contributed by atoms with Crippen molar-refractivity contribution in [1.82, 2.24) is 10.3 Å². The van der Waals surface area contributed by atoms with Gasteiger partial charge in [-0.3, -0.25) is 9.59 Å². The summed E-state index contributed by atoms with van der Waals surface area (Å²) < 4.78 is 5.54. The van der Waals surface area contributed by atoms with Crippen molar-refractivity contribution < 1.29 is 14.0 Å². The van der Waals surface area contributed by atoms with Crippen LogP contribution in [0.15, 0.2) is 64.0 Å². The Morgan fingerprint density at radius 3 is 2.55 bits per heavy atom. The van der Waals surface area contributed by atoms with Crippen molar-refractivity contribution in [2.75, 3.05) is 17.6 Å². The summed E-state index contributed by atoms with van der Waals surface area (Å²) in [5.74, 6) is 2.00. The van der Waals surface area contributed by atoms with E-state index in [1.165, 1.54) is 43.9 Å². The van der Waals surface area contributed by atoms with Gasteiger partial charge in [0.2, 0.25) is 5.91 Å². The smallest absolute Gasteiger partial charge is 0.256 e. The molecule has 4 rings (SSSR count). The normalized spacial score (nSPS) is 14.1. The summed E-state index contributed by atoms with van der Waals surface area (Å²) in [7, 11) is 0. The summed E-state index contributed by atoms with van der Waals surface area (Å²) in [4.78, 5) is 30.2. The van der Waals surface area contributed by atoms with Crippen molar-refractivity contribution in [2.24, 2.45) is 5.92 Å². The molecule has 0 radical (unpaired) electrons. The van der Waals surface area contributed by atoms with Gasteiger partial charge in [0, 0.05) is 29.6 Å². The van der Waals surface area contributed by atoms with Crippen LogP contribution in [0.4, 0.5) is 5.69 Å². The molecule has 172 valence electrons. The van der Waals surface area contributed by atoms with E-state index >= 15 is 0 Å². The van der Waals surface area contributed by atoms with Crippen molar-refractivity contribution in [2.45, 2.75) is 43.9 Å². The second kappa shape index (κ2) is 11.2. The number of rotatable bonds is 8. The molecule has 0 aliphatic heterocycles. The van der Waals surface area contributed by atoms with Crippen LogP contribution in [0.2, 0.25) is 0 Å². The molecule has 0 spiro atoms. The number of carbonyl (C=O) groups is 2. The van der Waals surface area contributed by atoms with Gasteiger partial charge in [0.1, 0.15) is 0 Å². The van der Waals surface area contributed by atoms with E-state index in [0.29, 0.717) is 34.6 Å². The number of aromatic nitrogens is 1. The number of carbonyl (C=O) groups excluding carboxylic acids is 2. The van der Waals surface area contributed by atoms with E-state index in [-0.39, 0.29) is 11.8 Å². The zero-order valence-electron chi connectivity index (χ0n) is 18.8. The second-order valence-electron chi connectivity index (χ2n) is 8.37. The van der Waals surface area contributed by atoms with Crippen LogP contribution in [0, 0.1) is 12.8 Å². The average molecular weight is 464 g/mol.